The van der Waals surface area contributed by atoms with Crippen LogP contribution in [0.1, 0.15) is 16.2 Å². The molecular formula is C26H19BrN4O. The largest absolute Gasteiger partial charge is 0.319 e. The van der Waals surface area contributed by atoms with Gasteiger partial charge in [0.25, 0.3) is 5.91 Å². The quantitative estimate of drug-likeness (QED) is 0.321. The molecule has 0 aliphatic rings. The van der Waals surface area contributed by atoms with Crippen LogP contribution < -0.4 is 5.32 Å². The number of amides is 1. The second-order valence-electron chi connectivity index (χ2n) is 7.53. The van der Waals surface area contributed by atoms with Gasteiger partial charge in [0.1, 0.15) is 0 Å². The summed E-state index contributed by atoms with van der Waals surface area (Å²) in [5, 5.41) is 9.66. The van der Waals surface area contributed by atoms with E-state index in [4.69, 9.17) is 0 Å². The predicted molar refractivity (Wildman–Crippen MR) is 131 cm³/mol. The van der Waals surface area contributed by atoms with Crippen LogP contribution >= 0.6 is 15.9 Å². The van der Waals surface area contributed by atoms with E-state index in [1.54, 1.807) is 4.68 Å². The standard InChI is InChI=1S/C26H19BrN4O/c1-17-5-4-8-23(15-17)31-25(19-9-12-21(27)13-10-19)29-24(30-31)26(32)28-22-14-11-18-6-2-3-7-20(18)16-22/h2-16H,1H3,(H,28,32). The highest BCUT2D eigenvalue weighted by molar-refractivity contribution is 9.10. The molecule has 0 aliphatic carbocycles. The van der Waals surface area contributed by atoms with Crippen molar-refractivity contribution in [1.82, 2.24) is 14.8 Å². The number of carbonyl (C=O) groups is 1. The van der Waals surface area contributed by atoms with Crippen LogP contribution in [0.4, 0.5) is 5.69 Å². The molecule has 1 amide bonds. The Hall–Kier alpha value is -3.77. The summed E-state index contributed by atoms with van der Waals surface area (Å²) in [7, 11) is 0. The number of rotatable bonds is 4. The first-order valence-electron chi connectivity index (χ1n) is 10.2. The zero-order valence-electron chi connectivity index (χ0n) is 17.3. The van der Waals surface area contributed by atoms with Crippen molar-refractivity contribution in [2.45, 2.75) is 6.92 Å². The molecule has 0 bridgehead atoms. The summed E-state index contributed by atoms with van der Waals surface area (Å²) in [5.41, 5.74) is 3.51. The van der Waals surface area contributed by atoms with E-state index >= 15 is 0 Å². The summed E-state index contributed by atoms with van der Waals surface area (Å²) in [5.74, 6) is 0.356. The highest BCUT2D eigenvalue weighted by Crippen LogP contribution is 2.24. The van der Waals surface area contributed by atoms with E-state index in [1.165, 1.54) is 0 Å². The predicted octanol–water partition coefficient (Wildman–Crippen LogP) is 6.41. The maximum absolute atomic E-state index is 13.0. The zero-order chi connectivity index (χ0) is 22.1. The van der Waals surface area contributed by atoms with E-state index < -0.39 is 0 Å². The monoisotopic (exact) mass is 482 g/mol. The molecule has 156 valence electrons. The molecule has 6 heteroatoms. The summed E-state index contributed by atoms with van der Waals surface area (Å²) in [6.07, 6.45) is 0. The van der Waals surface area contributed by atoms with Crippen molar-refractivity contribution in [1.29, 1.82) is 0 Å². The highest BCUT2D eigenvalue weighted by Gasteiger charge is 2.19. The van der Waals surface area contributed by atoms with Gasteiger partial charge in [-0.25, -0.2) is 9.67 Å². The number of carbonyl (C=O) groups excluding carboxylic acids is 1. The SMILES string of the molecule is Cc1cccc(-n2nc(C(=O)Nc3ccc4ccccc4c3)nc2-c2ccc(Br)cc2)c1. The van der Waals surface area contributed by atoms with E-state index in [1.807, 2.05) is 97.9 Å². The fourth-order valence-electron chi connectivity index (χ4n) is 3.59. The minimum absolute atomic E-state index is 0.109. The molecule has 32 heavy (non-hydrogen) atoms. The third-order valence-electron chi connectivity index (χ3n) is 5.17. The number of halogens is 1. The van der Waals surface area contributed by atoms with Crippen LogP contribution in [0.25, 0.3) is 27.8 Å². The second-order valence-corrected chi connectivity index (χ2v) is 8.45. The average Bonchev–Trinajstić information content (AvgIpc) is 3.25. The third-order valence-corrected chi connectivity index (χ3v) is 5.69. The number of aromatic nitrogens is 3. The Morgan fingerprint density at radius 3 is 2.44 bits per heavy atom. The minimum Gasteiger partial charge on any atom is -0.319 e. The molecule has 1 N–H and O–H groups in total. The Morgan fingerprint density at radius 1 is 0.875 bits per heavy atom. The van der Waals surface area contributed by atoms with Crippen LogP contribution in [0.3, 0.4) is 0 Å². The van der Waals surface area contributed by atoms with Crippen LogP contribution in [0, 0.1) is 6.92 Å². The van der Waals surface area contributed by atoms with E-state index in [2.05, 4.69) is 31.3 Å². The second kappa shape index (κ2) is 8.40. The van der Waals surface area contributed by atoms with E-state index in [0.717, 1.165) is 32.1 Å². The maximum Gasteiger partial charge on any atom is 0.295 e. The van der Waals surface area contributed by atoms with Gasteiger partial charge in [0.05, 0.1) is 5.69 Å². The molecule has 0 spiro atoms. The van der Waals surface area contributed by atoms with Gasteiger partial charge in [-0.1, -0.05) is 70.5 Å². The van der Waals surface area contributed by atoms with E-state index in [9.17, 15) is 4.79 Å². The number of nitrogens with zero attached hydrogens (tertiary/aromatic N) is 3. The van der Waals surface area contributed by atoms with Crippen LogP contribution in [0.5, 0.6) is 0 Å². The van der Waals surface area contributed by atoms with Crippen LogP contribution in [0.15, 0.2) is 95.5 Å². The first-order chi connectivity index (χ1) is 15.6. The van der Waals surface area contributed by atoms with E-state index in [-0.39, 0.29) is 11.7 Å². The van der Waals surface area contributed by atoms with Crippen molar-refractivity contribution in [3.05, 3.63) is 107 Å². The van der Waals surface area contributed by atoms with Gasteiger partial charge in [0.2, 0.25) is 5.82 Å². The van der Waals surface area contributed by atoms with Crippen molar-refractivity contribution in [2.75, 3.05) is 5.32 Å². The summed E-state index contributed by atoms with van der Waals surface area (Å²) in [6, 6.07) is 29.6. The molecule has 1 aromatic heterocycles. The minimum atomic E-state index is -0.356. The van der Waals surface area contributed by atoms with Gasteiger partial charge in [-0.3, -0.25) is 4.79 Å². The number of aryl methyl sites for hydroxylation is 1. The molecule has 0 aliphatic heterocycles. The maximum atomic E-state index is 13.0. The molecule has 0 saturated heterocycles. The molecule has 5 aromatic rings. The van der Waals surface area contributed by atoms with Crippen molar-refractivity contribution in [2.24, 2.45) is 0 Å². The molecule has 1 heterocycles. The normalized spacial score (nSPS) is 10.9. The first kappa shape index (κ1) is 20.2. The molecule has 0 saturated carbocycles. The Balaban J connectivity index is 1.53. The fraction of sp³-hybridized carbons (Fsp3) is 0.0385. The molecule has 5 nitrogen and oxygen atoms in total. The molecule has 4 aromatic carbocycles. The summed E-state index contributed by atoms with van der Waals surface area (Å²) in [4.78, 5) is 17.6. The number of benzene rings is 4. The summed E-state index contributed by atoms with van der Waals surface area (Å²) < 4.78 is 2.68. The lowest BCUT2D eigenvalue weighted by atomic mass is 10.1. The number of fused-ring (bicyclic) bond motifs is 1. The lowest BCUT2D eigenvalue weighted by molar-refractivity contribution is 0.101. The van der Waals surface area contributed by atoms with Gasteiger partial charge in [-0.2, -0.15) is 0 Å². The average molecular weight is 483 g/mol. The molecule has 0 unspecified atom stereocenters. The summed E-state index contributed by atoms with van der Waals surface area (Å²) >= 11 is 3.47. The van der Waals surface area contributed by atoms with Gasteiger partial charge in [0, 0.05) is 15.7 Å². The Labute approximate surface area is 193 Å². The molecule has 0 fully saturated rings. The molecular weight excluding hydrogens is 464 g/mol. The fourth-order valence-corrected chi connectivity index (χ4v) is 3.85. The lowest BCUT2D eigenvalue weighted by Gasteiger charge is -2.07. The van der Waals surface area contributed by atoms with E-state index in [0.29, 0.717) is 11.5 Å². The van der Waals surface area contributed by atoms with Gasteiger partial charge >= 0.3 is 0 Å². The Bertz CT molecular complexity index is 1440. The zero-order valence-corrected chi connectivity index (χ0v) is 18.9. The van der Waals surface area contributed by atoms with Crippen LogP contribution in [-0.4, -0.2) is 20.7 Å². The Morgan fingerprint density at radius 2 is 1.66 bits per heavy atom. The summed E-state index contributed by atoms with van der Waals surface area (Å²) in [6.45, 7) is 2.02. The molecule has 0 atom stereocenters. The lowest BCUT2D eigenvalue weighted by Crippen LogP contribution is -2.14. The van der Waals surface area contributed by atoms with Crippen molar-refractivity contribution in [3.63, 3.8) is 0 Å². The van der Waals surface area contributed by atoms with Gasteiger partial charge in [-0.05, 0) is 59.7 Å². The number of hydrogen-bond donors (Lipinski definition) is 1. The smallest absolute Gasteiger partial charge is 0.295 e. The van der Waals surface area contributed by atoms with Crippen molar-refractivity contribution < 1.29 is 4.79 Å². The van der Waals surface area contributed by atoms with Crippen molar-refractivity contribution in [3.8, 4) is 17.1 Å². The van der Waals surface area contributed by atoms with Crippen molar-refractivity contribution >= 4 is 38.3 Å². The number of hydrogen-bond acceptors (Lipinski definition) is 3. The number of nitrogens with one attached hydrogen (secondary N) is 1. The molecule has 0 radical (unpaired) electrons. The first-order valence-corrected chi connectivity index (χ1v) is 11.0. The molecule has 5 rings (SSSR count). The third kappa shape index (κ3) is 4.05. The highest BCUT2D eigenvalue weighted by atomic mass is 79.9. The number of anilines is 1. The topological polar surface area (TPSA) is 59.8 Å². The van der Waals surface area contributed by atoms with Crippen LogP contribution in [0.2, 0.25) is 0 Å². The van der Waals surface area contributed by atoms with Gasteiger partial charge in [-0.15, -0.1) is 5.10 Å². The Kier molecular flexibility index (Phi) is 5.29. The van der Waals surface area contributed by atoms with Gasteiger partial charge < -0.3 is 5.32 Å². The van der Waals surface area contributed by atoms with Crippen LogP contribution in [-0.2, 0) is 0 Å². The van der Waals surface area contributed by atoms with Gasteiger partial charge in [0.15, 0.2) is 5.82 Å².